The van der Waals surface area contributed by atoms with Crippen molar-refractivity contribution < 1.29 is 13.2 Å². The van der Waals surface area contributed by atoms with Crippen LogP contribution in [0.2, 0.25) is 0 Å². The second kappa shape index (κ2) is 7.46. The molecular weight excluding hydrogens is 354 g/mol. The van der Waals surface area contributed by atoms with Crippen LogP contribution in [0.4, 0.5) is 10.5 Å². The maximum atomic E-state index is 12.0. The molecule has 2 N–H and O–H groups in total. The molecule has 0 spiro atoms. The molecule has 26 heavy (non-hydrogen) atoms. The molecule has 140 valence electrons. The van der Waals surface area contributed by atoms with Gasteiger partial charge in [0.15, 0.2) is 0 Å². The first kappa shape index (κ1) is 18.4. The lowest BCUT2D eigenvalue weighted by Gasteiger charge is -2.25. The number of rotatable bonds is 5. The number of nitrogens with zero attached hydrogens (tertiary/aromatic N) is 3. The third-order valence-corrected chi connectivity index (χ3v) is 5.58. The Bertz CT molecular complexity index is 890. The van der Waals surface area contributed by atoms with Crippen molar-refractivity contribution in [2.75, 3.05) is 18.1 Å². The van der Waals surface area contributed by atoms with Gasteiger partial charge in [-0.2, -0.15) is 9.40 Å². The molecule has 0 atom stereocenters. The highest BCUT2D eigenvalue weighted by molar-refractivity contribution is 7.88. The quantitative estimate of drug-likeness (QED) is 0.826. The SMILES string of the molecule is CCc1ccc(NC(=O)NCc2cc3n(n2)CCN(S(C)(=O)=O)C3)cc1. The summed E-state index contributed by atoms with van der Waals surface area (Å²) in [4.78, 5) is 12.0. The van der Waals surface area contributed by atoms with Gasteiger partial charge in [-0.05, 0) is 30.2 Å². The summed E-state index contributed by atoms with van der Waals surface area (Å²) in [5.74, 6) is 0. The number of fused-ring (bicyclic) bond motifs is 1. The largest absolute Gasteiger partial charge is 0.332 e. The number of urea groups is 1. The Hall–Kier alpha value is -2.39. The number of sulfonamides is 1. The minimum absolute atomic E-state index is 0.276. The van der Waals surface area contributed by atoms with Crippen LogP contribution in [0, 0.1) is 0 Å². The molecule has 0 fully saturated rings. The van der Waals surface area contributed by atoms with E-state index in [0.717, 1.165) is 17.8 Å². The van der Waals surface area contributed by atoms with Crippen LogP contribution in [0.5, 0.6) is 0 Å². The molecule has 0 radical (unpaired) electrons. The molecule has 0 aliphatic carbocycles. The first-order valence-electron chi connectivity index (χ1n) is 8.49. The van der Waals surface area contributed by atoms with E-state index in [1.54, 1.807) is 4.68 Å². The Morgan fingerprint density at radius 1 is 1.23 bits per heavy atom. The van der Waals surface area contributed by atoms with Gasteiger partial charge in [0.2, 0.25) is 10.0 Å². The summed E-state index contributed by atoms with van der Waals surface area (Å²) in [6.07, 6.45) is 2.16. The second-order valence-corrected chi connectivity index (χ2v) is 8.29. The van der Waals surface area contributed by atoms with Crippen LogP contribution in [-0.2, 0) is 36.1 Å². The Labute approximate surface area is 153 Å². The first-order chi connectivity index (χ1) is 12.3. The molecule has 1 aliphatic rings. The number of hydrogen-bond donors (Lipinski definition) is 2. The van der Waals surface area contributed by atoms with E-state index in [0.29, 0.717) is 25.3 Å². The maximum Gasteiger partial charge on any atom is 0.319 e. The Balaban J connectivity index is 1.55. The molecule has 0 saturated carbocycles. The van der Waals surface area contributed by atoms with Gasteiger partial charge in [0.1, 0.15) is 0 Å². The normalized spacial score (nSPS) is 14.7. The topological polar surface area (TPSA) is 96.3 Å². The number of hydrogen-bond acceptors (Lipinski definition) is 4. The van der Waals surface area contributed by atoms with Gasteiger partial charge in [-0.15, -0.1) is 0 Å². The lowest BCUT2D eigenvalue weighted by Crippen LogP contribution is -2.37. The first-order valence-corrected chi connectivity index (χ1v) is 10.3. The minimum Gasteiger partial charge on any atom is -0.332 e. The number of carbonyl (C=O) groups is 1. The average molecular weight is 377 g/mol. The van der Waals surface area contributed by atoms with Crippen molar-refractivity contribution in [1.29, 1.82) is 0 Å². The summed E-state index contributed by atoms with van der Waals surface area (Å²) in [6.45, 7) is 3.58. The van der Waals surface area contributed by atoms with Crippen molar-refractivity contribution in [2.24, 2.45) is 0 Å². The number of amides is 2. The Morgan fingerprint density at radius 2 is 1.96 bits per heavy atom. The van der Waals surface area contributed by atoms with E-state index in [4.69, 9.17) is 0 Å². The lowest BCUT2D eigenvalue weighted by molar-refractivity contribution is 0.251. The van der Waals surface area contributed by atoms with Gasteiger partial charge in [0, 0.05) is 12.2 Å². The molecule has 0 saturated heterocycles. The van der Waals surface area contributed by atoms with Gasteiger partial charge in [-0.1, -0.05) is 19.1 Å². The molecule has 1 aromatic carbocycles. The Kier molecular flexibility index (Phi) is 5.28. The van der Waals surface area contributed by atoms with Crippen LogP contribution in [0.15, 0.2) is 30.3 Å². The molecule has 2 aromatic rings. The number of anilines is 1. The summed E-state index contributed by atoms with van der Waals surface area (Å²) in [6, 6.07) is 9.21. The van der Waals surface area contributed by atoms with Gasteiger partial charge in [-0.25, -0.2) is 13.2 Å². The predicted molar refractivity (Wildman–Crippen MR) is 99.2 cm³/mol. The van der Waals surface area contributed by atoms with Gasteiger partial charge < -0.3 is 10.6 Å². The van der Waals surface area contributed by atoms with Crippen LogP contribution in [-0.4, -0.2) is 41.3 Å². The van der Waals surface area contributed by atoms with Crippen molar-refractivity contribution in [3.05, 3.63) is 47.3 Å². The number of nitrogens with one attached hydrogen (secondary N) is 2. The van der Waals surface area contributed by atoms with E-state index in [1.807, 2.05) is 30.3 Å². The highest BCUT2D eigenvalue weighted by atomic mass is 32.2. The highest BCUT2D eigenvalue weighted by Crippen LogP contribution is 2.16. The fourth-order valence-corrected chi connectivity index (χ4v) is 3.62. The van der Waals surface area contributed by atoms with E-state index in [1.165, 1.54) is 16.1 Å². The Morgan fingerprint density at radius 3 is 2.62 bits per heavy atom. The minimum atomic E-state index is -3.21. The fraction of sp³-hybridized carbons (Fsp3) is 0.412. The van der Waals surface area contributed by atoms with Crippen LogP contribution < -0.4 is 10.6 Å². The van der Waals surface area contributed by atoms with E-state index < -0.39 is 10.0 Å². The van der Waals surface area contributed by atoms with Gasteiger partial charge >= 0.3 is 6.03 Å². The van der Waals surface area contributed by atoms with Crippen molar-refractivity contribution >= 4 is 21.7 Å². The van der Waals surface area contributed by atoms with Gasteiger partial charge in [-0.3, -0.25) is 4.68 Å². The van der Waals surface area contributed by atoms with Crippen LogP contribution in [0.3, 0.4) is 0 Å². The van der Waals surface area contributed by atoms with Gasteiger partial charge in [0.05, 0.1) is 37.3 Å². The van der Waals surface area contributed by atoms with E-state index >= 15 is 0 Å². The molecular formula is C17H23N5O3S. The molecule has 3 rings (SSSR count). The van der Waals surface area contributed by atoms with E-state index in [2.05, 4.69) is 22.7 Å². The third-order valence-electron chi connectivity index (χ3n) is 4.33. The van der Waals surface area contributed by atoms with Crippen LogP contribution in [0.25, 0.3) is 0 Å². The summed E-state index contributed by atoms with van der Waals surface area (Å²) < 4.78 is 26.5. The molecule has 0 unspecified atom stereocenters. The highest BCUT2D eigenvalue weighted by Gasteiger charge is 2.24. The average Bonchev–Trinajstić information content (AvgIpc) is 3.02. The van der Waals surface area contributed by atoms with Crippen molar-refractivity contribution in [2.45, 2.75) is 33.0 Å². The zero-order valence-electron chi connectivity index (χ0n) is 14.9. The van der Waals surface area contributed by atoms with Crippen molar-refractivity contribution in [3.8, 4) is 0 Å². The van der Waals surface area contributed by atoms with E-state index in [-0.39, 0.29) is 12.6 Å². The van der Waals surface area contributed by atoms with Crippen LogP contribution in [0.1, 0.15) is 23.9 Å². The monoisotopic (exact) mass is 377 g/mol. The lowest BCUT2D eigenvalue weighted by atomic mass is 10.1. The molecule has 1 aromatic heterocycles. The van der Waals surface area contributed by atoms with Crippen molar-refractivity contribution in [3.63, 3.8) is 0 Å². The summed E-state index contributed by atoms with van der Waals surface area (Å²) >= 11 is 0. The van der Waals surface area contributed by atoms with E-state index in [9.17, 15) is 13.2 Å². The van der Waals surface area contributed by atoms with Crippen LogP contribution >= 0.6 is 0 Å². The zero-order chi connectivity index (χ0) is 18.7. The molecule has 1 aliphatic heterocycles. The summed E-state index contributed by atoms with van der Waals surface area (Å²) in [7, 11) is -3.21. The van der Waals surface area contributed by atoms with Crippen molar-refractivity contribution in [1.82, 2.24) is 19.4 Å². The smallest absolute Gasteiger partial charge is 0.319 e. The maximum absolute atomic E-state index is 12.0. The second-order valence-electron chi connectivity index (χ2n) is 6.30. The number of benzene rings is 1. The fourth-order valence-electron chi connectivity index (χ4n) is 2.84. The number of aromatic nitrogens is 2. The standard InChI is InChI=1S/C17H23N5O3S/c1-3-13-4-6-14(7-5-13)19-17(23)18-11-15-10-16-12-21(26(2,24)25)8-9-22(16)20-15/h4-7,10H,3,8-9,11-12H2,1-2H3,(H2,18,19,23). The number of aryl methyl sites for hydroxylation is 1. The third kappa shape index (κ3) is 4.41. The number of carbonyl (C=O) groups excluding carboxylic acids is 1. The summed E-state index contributed by atoms with van der Waals surface area (Å²) in [5, 5.41) is 9.97. The predicted octanol–water partition coefficient (Wildman–Crippen LogP) is 1.54. The summed E-state index contributed by atoms with van der Waals surface area (Å²) in [5.41, 5.74) is 3.47. The van der Waals surface area contributed by atoms with Gasteiger partial charge in [0.25, 0.3) is 0 Å². The zero-order valence-corrected chi connectivity index (χ0v) is 15.7. The molecule has 9 heteroatoms. The molecule has 8 nitrogen and oxygen atoms in total. The molecule has 2 amide bonds. The molecule has 2 heterocycles. The molecule has 0 bridgehead atoms.